The average molecular weight is 446 g/mol. The fraction of sp³-hybridized carbons (Fsp3) is 0.211. The standard InChI is InChI=1S/C19H13F3N6O2S/c20-19(21,22)13-3-1-2-11(8-13)9-27-5-6-28-15(18(27)29)14(24-26-28)17-23-16(25-30-17)12-4-7-31-10-12/h1-4,7-8,10H,5-6,9H2. The molecule has 158 valence electrons. The summed E-state index contributed by atoms with van der Waals surface area (Å²) in [5.41, 5.74) is 0.710. The summed E-state index contributed by atoms with van der Waals surface area (Å²) < 4.78 is 45.7. The van der Waals surface area contributed by atoms with Crippen LogP contribution >= 0.6 is 11.3 Å². The minimum absolute atomic E-state index is 0.0252. The second kappa shape index (κ2) is 7.30. The Morgan fingerprint density at radius 1 is 1.19 bits per heavy atom. The highest BCUT2D eigenvalue weighted by molar-refractivity contribution is 7.08. The summed E-state index contributed by atoms with van der Waals surface area (Å²) in [5.74, 6) is -0.00209. The molecule has 3 aromatic heterocycles. The first-order valence-corrected chi connectivity index (χ1v) is 10.1. The highest BCUT2D eigenvalue weighted by Gasteiger charge is 2.34. The van der Waals surface area contributed by atoms with Gasteiger partial charge in [-0.05, 0) is 29.1 Å². The molecule has 1 aliphatic rings. The lowest BCUT2D eigenvalue weighted by atomic mass is 10.1. The van der Waals surface area contributed by atoms with Crippen LogP contribution in [0.2, 0.25) is 0 Å². The third-order valence-electron chi connectivity index (χ3n) is 4.84. The van der Waals surface area contributed by atoms with Crippen molar-refractivity contribution in [2.75, 3.05) is 6.54 Å². The Balaban J connectivity index is 1.42. The Kier molecular flexibility index (Phi) is 4.58. The molecule has 0 bridgehead atoms. The van der Waals surface area contributed by atoms with Crippen LogP contribution in [-0.4, -0.2) is 42.5 Å². The predicted molar refractivity (Wildman–Crippen MR) is 103 cm³/mol. The molecule has 0 aliphatic carbocycles. The number of halogens is 3. The van der Waals surface area contributed by atoms with Crippen molar-refractivity contribution in [1.82, 2.24) is 30.0 Å². The van der Waals surface area contributed by atoms with E-state index in [1.807, 2.05) is 16.8 Å². The highest BCUT2D eigenvalue weighted by Crippen LogP contribution is 2.31. The Bertz CT molecular complexity index is 1250. The number of thiophene rings is 1. The summed E-state index contributed by atoms with van der Waals surface area (Å²) in [4.78, 5) is 18.9. The molecular formula is C19H13F3N6O2S. The maximum absolute atomic E-state index is 13.1. The molecule has 4 heterocycles. The fourth-order valence-corrected chi connectivity index (χ4v) is 3.97. The predicted octanol–water partition coefficient (Wildman–Crippen LogP) is 3.73. The molecule has 5 rings (SSSR count). The first kappa shape index (κ1) is 19.4. The van der Waals surface area contributed by atoms with E-state index in [4.69, 9.17) is 4.52 Å². The maximum Gasteiger partial charge on any atom is 0.416 e. The Morgan fingerprint density at radius 3 is 2.84 bits per heavy atom. The minimum Gasteiger partial charge on any atom is -0.332 e. The van der Waals surface area contributed by atoms with Crippen LogP contribution in [0.25, 0.3) is 23.0 Å². The van der Waals surface area contributed by atoms with Gasteiger partial charge in [0.15, 0.2) is 11.4 Å². The number of alkyl halides is 3. The van der Waals surface area contributed by atoms with E-state index in [0.29, 0.717) is 17.9 Å². The molecule has 31 heavy (non-hydrogen) atoms. The topological polar surface area (TPSA) is 89.9 Å². The van der Waals surface area contributed by atoms with E-state index < -0.39 is 17.6 Å². The van der Waals surface area contributed by atoms with Crippen molar-refractivity contribution in [3.05, 3.63) is 57.9 Å². The van der Waals surface area contributed by atoms with Gasteiger partial charge in [0.1, 0.15) is 0 Å². The third kappa shape index (κ3) is 3.58. The largest absolute Gasteiger partial charge is 0.416 e. The molecule has 0 saturated heterocycles. The molecule has 4 aromatic rings. The van der Waals surface area contributed by atoms with Crippen LogP contribution in [0.1, 0.15) is 21.6 Å². The molecule has 1 amide bonds. The number of hydrogen-bond acceptors (Lipinski definition) is 7. The quantitative estimate of drug-likeness (QED) is 0.475. The van der Waals surface area contributed by atoms with E-state index in [1.54, 1.807) is 6.07 Å². The van der Waals surface area contributed by atoms with Crippen LogP contribution in [0.4, 0.5) is 13.2 Å². The minimum atomic E-state index is -4.45. The molecule has 0 fully saturated rings. The Morgan fingerprint density at radius 2 is 2.06 bits per heavy atom. The van der Waals surface area contributed by atoms with Gasteiger partial charge in [-0.3, -0.25) is 4.79 Å². The van der Waals surface area contributed by atoms with Crippen LogP contribution in [0.15, 0.2) is 45.6 Å². The van der Waals surface area contributed by atoms with Crippen LogP contribution in [0.3, 0.4) is 0 Å². The van der Waals surface area contributed by atoms with E-state index in [-0.39, 0.29) is 30.4 Å². The van der Waals surface area contributed by atoms with E-state index >= 15 is 0 Å². The van der Waals surface area contributed by atoms with Gasteiger partial charge >= 0.3 is 6.18 Å². The molecule has 1 aliphatic heterocycles. The molecular weight excluding hydrogens is 433 g/mol. The number of amides is 1. The average Bonchev–Trinajstić information content (AvgIpc) is 3.49. The number of nitrogens with zero attached hydrogens (tertiary/aromatic N) is 6. The zero-order chi connectivity index (χ0) is 21.6. The molecule has 1 aromatic carbocycles. The third-order valence-corrected chi connectivity index (χ3v) is 5.53. The van der Waals surface area contributed by atoms with Gasteiger partial charge in [0.05, 0.1) is 12.1 Å². The van der Waals surface area contributed by atoms with E-state index in [2.05, 4.69) is 20.5 Å². The van der Waals surface area contributed by atoms with Crippen LogP contribution in [0, 0.1) is 0 Å². The molecule has 0 unspecified atom stereocenters. The summed E-state index contributed by atoms with van der Waals surface area (Å²) in [5, 5.41) is 15.7. The first-order valence-electron chi connectivity index (χ1n) is 9.16. The second-order valence-corrected chi connectivity index (χ2v) is 7.65. The van der Waals surface area contributed by atoms with Crippen molar-refractivity contribution in [2.24, 2.45) is 0 Å². The van der Waals surface area contributed by atoms with Crippen LogP contribution in [-0.2, 0) is 19.3 Å². The van der Waals surface area contributed by atoms with Crippen molar-refractivity contribution >= 4 is 17.2 Å². The molecule has 12 heteroatoms. The van der Waals surface area contributed by atoms with Crippen LogP contribution in [0.5, 0.6) is 0 Å². The lowest BCUT2D eigenvalue weighted by Crippen LogP contribution is -2.40. The number of carbonyl (C=O) groups is 1. The zero-order valence-corrected chi connectivity index (χ0v) is 16.5. The highest BCUT2D eigenvalue weighted by atomic mass is 32.1. The molecule has 0 N–H and O–H groups in total. The summed E-state index contributed by atoms with van der Waals surface area (Å²) in [6, 6.07) is 6.76. The summed E-state index contributed by atoms with van der Waals surface area (Å²) in [7, 11) is 0. The van der Waals surface area contributed by atoms with E-state index in [9.17, 15) is 18.0 Å². The number of benzene rings is 1. The van der Waals surface area contributed by atoms with Gasteiger partial charge in [0, 0.05) is 24.0 Å². The van der Waals surface area contributed by atoms with Gasteiger partial charge in [0.25, 0.3) is 11.8 Å². The SMILES string of the molecule is O=C1c2c(-c3nc(-c4ccsc4)no3)nnn2CCN1Cc1cccc(C(F)(F)F)c1. The van der Waals surface area contributed by atoms with Gasteiger partial charge in [-0.1, -0.05) is 22.5 Å². The summed E-state index contributed by atoms with van der Waals surface area (Å²) in [6.45, 7) is 0.658. The number of carbonyl (C=O) groups excluding carboxylic acids is 1. The monoisotopic (exact) mass is 446 g/mol. The normalized spacial score (nSPS) is 14.2. The van der Waals surface area contributed by atoms with Gasteiger partial charge < -0.3 is 9.42 Å². The van der Waals surface area contributed by atoms with Gasteiger partial charge in [0.2, 0.25) is 5.82 Å². The molecule has 0 atom stereocenters. The lowest BCUT2D eigenvalue weighted by molar-refractivity contribution is -0.137. The van der Waals surface area contributed by atoms with Crippen molar-refractivity contribution in [3.63, 3.8) is 0 Å². The van der Waals surface area contributed by atoms with Crippen molar-refractivity contribution in [1.29, 1.82) is 0 Å². The van der Waals surface area contributed by atoms with Gasteiger partial charge in [-0.2, -0.15) is 29.5 Å². The smallest absolute Gasteiger partial charge is 0.332 e. The Labute approximate surface area is 176 Å². The van der Waals surface area contributed by atoms with Gasteiger partial charge in [-0.25, -0.2) is 4.68 Å². The number of fused-ring (bicyclic) bond motifs is 1. The summed E-state index contributed by atoms with van der Waals surface area (Å²) in [6.07, 6.45) is -4.45. The van der Waals surface area contributed by atoms with Crippen molar-refractivity contribution < 1.29 is 22.5 Å². The zero-order valence-electron chi connectivity index (χ0n) is 15.7. The second-order valence-electron chi connectivity index (χ2n) is 6.87. The summed E-state index contributed by atoms with van der Waals surface area (Å²) >= 11 is 1.48. The molecule has 0 spiro atoms. The fourth-order valence-electron chi connectivity index (χ4n) is 3.34. The van der Waals surface area contributed by atoms with Gasteiger partial charge in [-0.15, -0.1) is 5.10 Å². The number of hydrogen-bond donors (Lipinski definition) is 0. The number of aromatic nitrogens is 5. The molecule has 0 radical (unpaired) electrons. The van der Waals surface area contributed by atoms with Crippen molar-refractivity contribution in [3.8, 4) is 23.0 Å². The number of rotatable bonds is 4. The lowest BCUT2D eigenvalue weighted by Gasteiger charge is -2.27. The first-order chi connectivity index (χ1) is 14.9. The van der Waals surface area contributed by atoms with Crippen LogP contribution < -0.4 is 0 Å². The molecule has 8 nitrogen and oxygen atoms in total. The van der Waals surface area contributed by atoms with E-state index in [0.717, 1.165) is 17.7 Å². The van der Waals surface area contributed by atoms with E-state index in [1.165, 1.54) is 27.0 Å². The maximum atomic E-state index is 13.1. The Hall–Kier alpha value is -3.54. The van der Waals surface area contributed by atoms with Crippen molar-refractivity contribution in [2.45, 2.75) is 19.3 Å². The molecule has 0 saturated carbocycles.